The van der Waals surface area contributed by atoms with Crippen LogP contribution in [0.15, 0.2) is 78.7 Å². The largest absolute Gasteiger partial charge is 0.488 e. The standard InChI is InChI=1S/C26H26ClN3O5S.C3H7N/c1-2-13-35-22-5-3-4-6-23(22)36(33,34)20-15-21(25(32)29-26(17-28)11-12-26)30(16-20)24(31)14-18-7-9-19(27)10-8-18;1-2-3-4/h2-10,20-21H,1,11-16H2,(H,29,32);2H,1,3-4H2/t20?,21-;/m0./s1. The molecule has 9 nitrogen and oxygen atoms in total. The number of rotatable bonds is 10. The molecule has 0 spiro atoms. The van der Waals surface area contributed by atoms with Crippen LogP contribution in [0.4, 0.5) is 0 Å². The molecule has 1 aliphatic carbocycles. The van der Waals surface area contributed by atoms with Gasteiger partial charge >= 0.3 is 0 Å². The van der Waals surface area contributed by atoms with Crippen LogP contribution < -0.4 is 15.8 Å². The van der Waals surface area contributed by atoms with Gasteiger partial charge in [0.2, 0.25) is 11.8 Å². The lowest BCUT2D eigenvalue weighted by Crippen LogP contribution is -2.49. The Hall–Kier alpha value is -3.65. The molecule has 2 aromatic carbocycles. The minimum absolute atomic E-state index is 0.00121. The zero-order valence-electron chi connectivity index (χ0n) is 22.1. The van der Waals surface area contributed by atoms with Gasteiger partial charge in [0.25, 0.3) is 0 Å². The molecule has 2 fully saturated rings. The maximum atomic E-state index is 13.7. The first kappa shape index (κ1) is 30.9. The highest BCUT2D eigenvalue weighted by molar-refractivity contribution is 7.92. The van der Waals surface area contributed by atoms with E-state index >= 15 is 0 Å². The lowest BCUT2D eigenvalue weighted by atomic mass is 10.1. The molecule has 212 valence electrons. The van der Waals surface area contributed by atoms with Gasteiger partial charge in [-0.1, -0.05) is 54.6 Å². The monoisotopic (exact) mass is 584 g/mol. The molecule has 11 heteroatoms. The molecule has 2 aliphatic rings. The van der Waals surface area contributed by atoms with Gasteiger partial charge in [-0.2, -0.15) is 5.26 Å². The number of nitrogens with two attached hydrogens (primary N) is 1. The molecule has 40 heavy (non-hydrogen) atoms. The summed E-state index contributed by atoms with van der Waals surface area (Å²) in [6, 6.07) is 14.1. The zero-order chi connectivity index (χ0) is 29.3. The summed E-state index contributed by atoms with van der Waals surface area (Å²) in [6.45, 7) is 7.51. The summed E-state index contributed by atoms with van der Waals surface area (Å²) in [6.07, 6.45) is 4.11. The van der Waals surface area contributed by atoms with Crippen LogP contribution in [0, 0.1) is 11.3 Å². The second kappa shape index (κ2) is 13.6. The summed E-state index contributed by atoms with van der Waals surface area (Å²) in [7, 11) is -3.96. The number of hydrogen-bond donors (Lipinski definition) is 2. The fraction of sp³-hybridized carbons (Fsp3) is 0.345. The Bertz CT molecular complexity index is 1380. The van der Waals surface area contributed by atoms with Gasteiger partial charge in [-0.3, -0.25) is 9.59 Å². The van der Waals surface area contributed by atoms with Crippen molar-refractivity contribution in [3.05, 3.63) is 84.4 Å². The number of halogens is 1. The van der Waals surface area contributed by atoms with Crippen LogP contribution in [0.1, 0.15) is 24.8 Å². The van der Waals surface area contributed by atoms with Crippen LogP contribution in [0.25, 0.3) is 0 Å². The first-order chi connectivity index (χ1) is 19.1. The SMILES string of the molecule is C=CCN.C=CCOc1ccccc1S(=O)(=O)C1C[C@@H](C(=O)NC2(C#N)CC2)N(C(=O)Cc2ccc(Cl)cc2)C1. The highest BCUT2D eigenvalue weighted by atomic mass is 35.5. The van der Waals surface area contributed by atoms with E-state index in [9.17, 15) is 23.3 Å². The predicted molar refractivity (Wildman–Crippen MR) is 153 cm³/mol. The third-order valence-electron chi connectivity index (χ3n) is 6.60. The lowest BCUT2D eigenvalue weighted by molar-refractivity contribution is -0.138. The molecule has 4 rings (SSSR count). The number of amides is 2. The molecule has 2 amide bonds. The van der Waals surface area contributed by atoms with Crippen molar-refractivity contribution in [3.63, 3.8) is 0 Å². The maximum Gasteiger partial charge on any atom is 0.244 e. The molecule has 1 saturated heterocycles. The van der Waals surface area contributed by atoms with E-state index in [0.717, 1.165) is 0 Å². The lowest BCUT2D eigenvalue weighted by Gasteiger charge is -2.25. The molecule has 0 aromatic heterocycles. The van der Waals surface area contributed by atoms with Gasteiger partial charge in [0.1, 0.15) is 28.8 Å². The van der Waals surface area contributed by atoms with Crippen LogP contribution in [0.5, 0.6) is 5.75 Å². The maximum absolute atomic E-state index is 13.7. The third-order valence-corrected chi connectivity index (χ3v) is 9.02. The molecular weight excluding hydrogens is 552 g/mol. The van der Waals surface area contributed by atoms with Gasteiger partial charge in [-0.15, -0.1) is 6.58 Å². The minimum atomic E-state index is -3.96. The molecule has 2 aromatic rings. The zero-order valence-corrected chi connectivity index (χ0v) is 23.7. The molecule has 1 heterocycles. The van der Waals surface area contributed by atoms with Crippen molar-refractivity contribution in [3.8, 4) is 11.8 Å². The fourth-order valence-corrected chi connectivity index (χ4v) is 6.22. The molecule has 1 aliphatic heterocycles. The van der Waals surface area contributed by atoms with Gasteiger partial charge in [-0.25, -0.2) is 8.42 Å². The Kier molecular flexibility index (Phi) is 10.5. The van der Waals surface area contributed by atoms with E-state index in [1.165, 1.54) is 17.0 Å². The summed E-state index contributed by atoms with van der Waals surface area (Å²) in [5.74, 6) is -0.716. The Balaban J connectivity index is 0.00000103. The Morgan fingerprint density at radius 3 is 2.40 bits per heavy atom. The number of nitrogens with one attached hydrogen (secondary N) is 1. The number of carbonyl (C=O) groups excluding carboxylic acids is 2. The van der Waals surface area contributed by atoms with Crippen molar-refractivity contribution in [1.29, 1.82) is 5.26 Å². The number of carbonyl (C=O) groups is 2. The van der Waals surface area contributed by atoms with Crippen molar-refractivity contribution < 1.29 is 22.7 Å². The molecule has 3 N–H and O–H groups in total. The molecule has 1 unspecified atom stereocenters. The second-order valence-corrected chi connectivity index (χ2v) is 12.2. The number of para-hydroxylation sites is 1. The Labute approximate surface area is 240 Å². The van der Waals surface area contributed by atoms with E-state index in [1.807, 2.05) is 0 Å². The van der Waals surface area contributed by atoms with Crippen LogP contribution in [-0.4, -0.2) is 61.7 Å². The molecule has 2 atom stereocenters. The van der Waals surface area contributed by atoms with Gasteiger partial charge in [-0.05, 0) is 49.1 Å². The van der Waals surface area contributed by atoms with E-state index < -0.39 is 32.6 Å². The fourth-order valence-electron chi connectivity index (χ4n) is 4.27. The first-order valence-electron chi connectivity index (χ1n) is 12.8. The normalized spacial score (nSPS) is 18.9. The van der Waals surface area contributed by atoms with Crippen LogP contribution in [-0.2, 0) is 25.8 Å². The predicted octanol–water partition coefficient (Wildman–Crippen LogP) is 3.19. The van der Waals surface area contributed by atoms with Crippen molar-refractivity contribution in [2.24, 2.45) is 5.73 Å². The van der Waals surface area contributed by atoms with Crippen LogP contribution in [0.2, 0.25) is 5.02 Å². The quantitative estimate of drug-likeness (QED) is 0.408. The van der Waals surface area contributed by atoms with Gasteiger partial charge in [0.15, 0.2) is 9.84 Å². The number of likely N-dealkylation sites (tertiary alicyclic amines) is 1. The summed E-state index contributed by atoms with van der Waals surface area (Å²) in [5, 5.41) is 11.6. The van der Waals surface area contributed by atoms with Crippen molar-refractivity contribution in [2.45, 2.75) is 47.4 Å². The second-order valence-electron chi connectivity index (χ2n) is 9.52. The summed E-state index contributed by atoms with van der Waals surface area (Å²) < 4.78 is 32.9. The average molecular weight is 585 g/mol. The van der Waals surface area contributed by atoms with E-state index in [4.69, 9.17) is 22.1 Å². The van der Waals surface area contributed by atoms with Gasteiger partial charge < -0.3 is 20.7 Å². The topological polar surface area (TPSA) is 143 Å². The number of nitrogens with zero attached hydrogens (tertiary/aromatic N) is 2. The number of ether oxygens (including phenoxy) is 1. The summed E-state index contributed by atoms with van der Waals surface area (Å²) >= 11 is 5.94. The molecule has 1 saturated carbocycles. The molecule has 0 radical (unpaired) electrons. The van der Waals surface area contributed by atoms with E-state index in [1.54, 1.807) is 48.5 Å². The summed E-state index contributed by atoms with van der Waals surface area (Å²) in [5.41, 5.74) is 4.66. The first-order valence-corrected chi connectivity index (χ1v) is 14.7. The smallest absolute Gasteiger partial charge is 0.244 e. The number of nitriles is 1. The van der Waals surface area contributed by atoms with Crippen molar-refractivity contribution >= 4 is 33.3 Å². The summed E-state index contributed by atoms with van der Waals surface area (Å²) in [4.78, 5) is 27.8. The average Bonchev–Trinajstić information content (AvgIpc) is 3.57. The van der Waals surface area contributed by atoms with Gasteiger partial charge in [0, 0.05) is 18.1 Å². The van der Waals surface area contributed by atoms with E-state index in [0.29, 0.717) is 30.0 Å². The minimum Gasteiger partial charge on any atom is -0.488 e. The van der Waals surface area contributed by atoms with Crippen LogP contribution in [0.3, 0.4) is 0 Å². The van der Waals surface area contributed by atoms with E-state index in [-0.39, 0.29) is 42.5 Å². The number of sulfone groups is 1. The van der Waals surface area contributed by atoms with Crippen molar-refractivity contribution in [2.75, 3.05) is 19.7 Å². The van der Waals surface area contributed by atoms with Crippen LogP contribution >= 0.6 is 11.6 Å². The highest BCUT2D eigenvalue weighted by Crippen LogP contribution is 2.37. The van der Waals surface area contributed by atoms with Crippen molar-refractivity contribution in [1.82, 2.24) is 10.2 Å². The number of benzene rings is 2. The Morgan fingerprint density at radius 2 is 1.82 bits per heavy atom. The highest BCUT2D eigenvalue weighted by Gasteiger charge is 2.50. The van der Waals surface area contributed by atoms with Gasteiger partial charge in [0.05, 0.1) is 17.7 Å². The number of hydrogen-bond acceptors (Lipinski definition) is 7. The molecular formula is C29H33ClN4O5S. The Morgan fingerprint density at radius 1 is 1.18 bits per heavy atom. The van der Waals surface area contributed by atoms with E-state index in [2.05, 4.69) is 24.5 Å². The third kappa shape index (κ3) is 7.50. The molecule has 0 bridgehead atoms.